The maximum Gasteiger partial charge on any atom is 0.308 e. The minimum absolute atomic E-state index is 0.0372. The van der Waals surface area contributed by atoms with Crippen LogP contribution in [-0.2, 0) is 9.53 Å². The summed E-state index contributed by atoms with van der Waals surface area (Å²) in [5, 5.41) is 0. The molecule has 0 bridgehead atoms. The largest absolute Gasteiger partial charge is 0.461 e. The van der Waals surface area contributed by atoms with Crippen LogP contribution in [-0.4, -0.2) is 12.6 Å². The Morgan fingerprint density at radius 3 is 2.57 bits per heavy atom. The SMILES string of the molecule is C=C/C=C(\C=C)COC(=O)C(C)CC. The third-order valence-corrected chi connectivity index (χ3v) is 1.99. The number of allylic oxidation sites excluding steroid dienone is 2. The maximum atomic E-state index is 11.3. The predicted octanol–water partition coefficient (Wildman–Crippen LogP) is 2.87. The van der Waals surface area contributed by atoms with Gasteiger partial charge in [0.2, 0.25) is 0 Å². The van der Waals surface area contributed by atoms with Gasteiger partial charge in [0.05, 0.1) is 5.92 Å². The van der Waals surface area contributed by atoms with Crippen LogP contribution in [0.25, 0.3) is 0 Å². The molecule has 0 N–H and O–H groups in total. The van der Waals surface area contributed by atoms with Crippen LogP contribution in [0.15, 0.2) is 37.0 Å². The number of esters is 1. The second-order valence-corrected chi connectivity index (χ2v) is 3.10. The Bertz CT molecular complexity index is 239. The highest BCUT2D eigenvalue weighted by Gasteiger charge is 2.11. The lowest BCUT2D eigenvalue weighted by atomic mass is 10.1. The van der Waals surface area contributed by atoms with Crippen LogP contribution in [0.4, 0.5) is 0 Å². The Morgan fingerprint density at radius 2 is 2.14 bits per heavy atom. The van der Waals surface area contributed by atoms with Crippen molar-refractivity contribution in [3.8, 4) is 0 Å². The van der Waals surface area contributed by atoms with E-state index in [4.69, 9.17) is 4.74 Å². The normalized spacial score (nSPS) is 13.1. The smallest absolute Gasteiger partial charge is 0.308 e. The molecule has 0 fully saturated rings. The van der Waals surface area contributed by atoms with Gasteiger partial charge in [0.25, 0.3) is 0 Å². The first-order valence-corrected chi connectivity index (χ1v) is 4.76. The lowest BCUT2D eigenvalue weighted by Gasteiger charge is -2.09. The van der Waals surface area contributed by atoms with Crippen molar-refractivity contribution in [2.45, 2.75) is 20.3 Å². The molecule has 0 aliphatic rings. The van der Waals surface area contributed by atoms with E-state index in [9.17, 15) is 4.79 Å². The average Bonchev–Trinajstić information content (AvgIpc) is 2.22. The topological polar surface area (TPSA) is 26.3 Å². The molecule has 0 spiro atoms. The second-order valence-electron chi connectivity index (χ2n) is 3.10. The van der Waals surface area contributed by atoms with Gasteiger partial charge in [0.15, 0.2) is 0 Å². The summed E-state index contributed by atoms with van der Waals surface area (Å²) >= 11 is 0. The molecular weight excluding hydrogens is 176 g/mol. The molecule has 0 aliphatic heterocycles. The van der Waals surface area contributed by atoms with Gasteiger partial charge >= 0.3 is 5.97 Å². The summed E-state index contributed by atoms with van der Waals surface area (Å²) in [5.41, 5.74) is 0.858. The number of carbonyl (C=O) groups is 1. The van der Waals surface area contributed by atoms with Gasteiger partial charge in [-0.25, -0.2) is 0 Å². The van der Waals surface area contributed by atoms with Gasteiger partial charge in [-0.3, -0.25) is 4.79 Å². The first-order valence-electron chi connectivity index (χ1n) is 4.76. The van der Waals surface area contributed by atoms with E-state index >= 15 is 0 Å². The lowest BCUT2D eigenvalue weighted by molar-refractivity contribution is -0.146. The number of ether oxygens (including phenoxy) is 1. The van der Waals surface area contributed by atoms with Gasteiger partial charge in [0.1, 0.15) is 6.61 Å². The van der Waals surface area contributed by atoms with Crippen LogP contribution >= 0.6 is 0 Å². The minimum atomic E-state index is -0.163. The van der Waals surface area contributed by atoms with E-state index in [1.165, 1.54) is 0 Å². The molecule has 0 aromatic heterocycles. The highest BCUT2D eigenvalue weighted by molar-refractivity contribution is 5.72. The average molecular weight is 194 g/mol. The molecule has 0 heterocycles. The van der Waals surface area contributed by atoms with Crippen molar-refractivity contribution < 1.29 is 9.53 Å². The van der Waals surface area contributed by atoms with Crippen LogP contribution in [0.5, 0.6) is 0 Å². The summed E-state index contributed by atoms with van der Waals surface area (Å²) in [5.74, 6) is -0.200. The third kappa shape index (κ3) is 4.65. The molecule has 1 unspecified atom stereocenters. The zero-order chi connectivity index (χ0) is 11.0. The molecule has 0 rings (SSSR count). The van der Waals surface area contributed by atoms with E-state index in [1.807, 2.05) is 13.8 Å². The van der Waals surface area contributed by atoms with Gasteiger partial charge < -0.3 is 4.74 Å². The van der Waals surface area contributed by atoms with E-state index in [0.717, 1.165) is 12.0 Å². The van der Waals surface area contributed by atoms with Crippen LogP contribution in [0, 0.1) is 5.92 Å². The molecule has 14 heavy (non-hydrogen) atoms. The molecule has 0 saturated carbocycles. The molecule has 78 valence electrons. The standard InChI is InChI=1S/C12H18O2/c1-5-8-11(7-3)9-14-12(13)10(4)6-2/h5,7-8,10H,1,3,6,9H2,2,4H3/b11-8+. The molecule has 0 saturated heterocycles. The van der Waals surface area contributed by atoms with Gasteiger partial charge in [0, 0.05) is 0 Å². The number of hydrogen-bond acceptors (Lipinski definition) is 2. The van der Waals surface area contributed by atoms with Crippen molar-refractivity contribution in [3.63, 3.8) is 0 Å². The van der Waals surface area contributed by atoms with Gasteiger partial charge in [-0.15, -0.1) is 0 Å². The van der Waals surface area contributed by atoms with Gasteiger partial charge in [-0.1, -0.05) is 45.2 Å². The summed E-state index contributed by atoms with van der Waals surface area (Å²) < 4.78 is 5.07. The second kappa shape index (κ2) is 7.13. The third-order valence-electron chi connectivity index (χ3n) is 1.99. The van der Waals surface area contributed by atoms with Crippen molar-refractivity contribution in [2.75, 3.05) is 6.61 Å². The van der Waals surface area contributed by atoms with Crippen LogP contribution in [0.3, 0.4) is 0 Å². The summed E-state index contributed by atoms with van der Waals surface area (Å²) in [7, 11) is 0. The van der Waals surface area contributed by atoms with Gasteiger partial charge in [-0.05, 0) is 12.0 Å². The van der Waals surface area contributed by atoms with E-state index in [0.29, 0.717) is 0 Å². The Labute approximate surface area is 86.0 Å². The zero-order valence-electron chi connectivity index (χ0n) is 8.95. The lowest BCUT2D eigenvalue weighted by Crippen LogP contribution is -2.15. The highest BCUT2D eigenvalue weighted by atomic mass is 16.5. The van der Waals surface area contributed by atoms with Crippen molar-refractivity contribution in [1.82, 2.24) is 0 Å². The number of rotatable bonds is 6. The Hall–Kier alpha value is -1.31. The first-order chi connectivity index (χ1) is 6.65. The Morgan fingerprint density at radius 1 is 1.50 bits per heavy atom. The van der Waals surface area contributed by atoms with Crippen LogP contribution in [0.2, 0.25) is 0 Å². The van der Waals surface area contributed by atoms with Crippen LogP contribution in [0.1, 0.15) is 20.3 Å². The molecule has 0 amide bonds. The predicted molar refractivity (Wildman–Crippen MR) is 58.9 cm³/mol. The monoisotopic (exact) mass is 194 g/mol. The zero-order valence-corrected chi connectivity index (χ0v) is 8.95. The maximum absolute atomic E-state index is 11.3. The summed E-state index contributed by atoms with van der Waals surface area (Å²) in [6, 6.07) is 0. The van der Waals surface area contributed by atoms with E-state index < -0.39 is 0 Å². The first kappa shape index (κ1) is 12.7. The van der Waals surface area contributed by atoms with E-state index in [1.54, 1.807) is 18.2 Å². The summed E-state index contributed by atoms with van der Waals surface area (Å²) in [4.78, 5) is 11.3. The molecule has 2 nitrogen and oxygen atoms in total. The van der Waals surface area contributed by atoms with Gasteiger partial charge in [-0.2, -0.15) is 0 Å². The molecule has 0 aromatic rings. The molecule has 1 atom stereocenters. The molecule has 0 radical (unpaired) electrons. The molecular formula is C12H18O2. The molecule has 2 heteroatoms. The van der Waals surface area contributed by atoms with E-state index in [2.05, 4.69) is 13.2 Å². The quantitative estimate of drug-likeness (QED) is 0.480. The number of hydrogen-bond donors (Lipinski definition) is 0. The van der Waals surface area contributed by atoms with Crippen molar-refractivity contribution >= 4 is 5.97 Å². The van der Waals surface area contributed by atoms with Crippen molar-refractivity contribution in [3.05, 3.63) is 37.0 Å². The highest BCUT2D eigenvalue weighted by Crippen LogP contribution is 2.05. The van der Waals surface area contributed by atoms with Crippen LogP contribution < -0.4 is 0 Å². The summed E-state index contributed by atoms with van der Waals surface area (Å²) in [6.45, 7) is 11.3. The molecule has 0 aliphatic carbocycles. The minimum Gasteiger partial charge on any atom is -0.461 e. The Kier molecular flexibility index (Phi) is 6.46. The fraction of sp³-hybridized carbons (Fsp3) is 0.417. The fourth-order valence-corrected chi connectivity index (χ4v) is 0.790. The van der Waals surface area contributed by atoms with E-state index in [-0.39, 0.29) is 18.5 Å². The number of carbonyl (C=O) groups excluding carboxylic acids is 1. The van der Waals surface area contributed by atoms with Crippen molar-refractivity contribution in [2.24, 2.45) is 5.92 Å². The van der Waals surface area contributed by atoms with Crippen molar-refractivity contribution in [1.29, 1.82) is 0 Å². The molecule has 0 aromatic carbocycles. The summed E-state index contributed by atoms with van der Waals surface area (Å²) in [6.07, 6.45) is 5.88. The Balaban J connectivity index is 4.03. The fourth-order valence-electron chi connectivity index (χ4n) is 0.790.